The number of rotatable bonds is 6. The van der Waals surface area contributed by atoms with Crippen LogP contribution >= 0.6 is 7.06 Å². The van der Waals surface area contributed by atoms with Crippen LogP contribution in [0.15, 0.2) is 78.9 Å². The van der Waals surface area contributed by atoms with Gasteiger partial charge < -0.3 is 0 Å². The average Bonchev–Trinajstić information content (AvgIpc) is 3.41. The molecule has 0 saturated heterocycles. The van der Waals surface area contributed by atoms with Gasteiger partial charge in [-0.2, -0.15) is 0 Å². The van der Waals surface area contributed by atoms with Gasteiger partial charge in [-0.05, 0) is 0 Å². The Morgan fingerprint density at radius 1 is 0.609 bits per heavy atom. The molecule has 46 heavy (non-hydrogen) atoms. The predicted octanol–water partition coefficient (Wildman–Crippen LogP) is 9.01. The monoisotopic (exact) mass is 692 g/mol. The number of aliphatic hydroxyl groups is 1. The number of aliphatic hydroxyl groups excluding tert-OH is 1. The van der Waals surface area contributed by atoms with E-state index in [1.807, 2.05) is 0 Å². The molecule has 2 atom stereocenters. The molecule has 3 nitrogen and oxygen atoms in total. The average molecular weight is 692 g/mol. The van der Waals surface area contributed by atoms with Gasteiger partial charge in [0.15, 0.2) is 0 Å². The summed E-state index contributed by atoms with van der Waals surface area (Å²) in [6, 6.07) is 10.8. The van der Waals surface area contributed by atoms with Crippen LogP contribution in [0.1, 0.15) is 48.5 Å². The third kappa shape index (κ3) is 4.23. The van der Waals surface area contributed by atoms with Crippen molar-refractivity contribution in [3.05, 3.63) is 95.6 Å². The maximum atomic E-state index is 15.1. The van der Waals surface area contributed by atoms with Crippen LogP contribution in [0.4, 0.5) is 52.7 Å². The molecule has 3 aromatic rings. The van der Waals surface area contributed by atoms with Gasteiger partial charge in [0.1, 0.15) is 0 Å². The Bertz CT molecular complexity index is 1480. The Morgan fingerprint density at radius 3 is 1.35 bits per heavy atom. The second kappa shape index (κ2) is 10.6. The van der Waals surface area contributed by atoms with Crippen molar-refractivity contribution in [3.8, 4) is 0 Å². The van der Waals surface area contributed by atoms with E-state index < -0.39 is 88.4 Å². The number of halogens is 12. The van der Waals surface area contributed by atoms with Crippen molar-refractivity contribution in [1.82, 2.24) is 0 Å². The zero-order valence-electron chi connectivity index (χ0n) is 23.5. The summed E-state index contributed by atoms with van der Waals surface area (Å²) in [5.41, 5.74) is -17.3. The Kier molecular flexibility index (Phi) is 7.92. The number of hydrogen-bond donors (Lipinski definition) is 1. The molecule has 1 spiro atoms. The Balaban J connectivity index is 2.13. The Labute approximate surface area is 254 Å². The van der Waals surface area contributed by atoms with Crippen molar-refractivity contribution >= 4 is 17.7 Å². The number of unbranched alkanes of at least 4 members (excludes halogenated alkanes) is 1. The molecule has 2 heterocycles. The maximum absolute atomic E-state index is 15.1. The molecule has 0 aliphatic carbocycles. The summed E-state index contributed by atoms with van der Waals surface area (Å²) < 4.78 is 192. The SMILES string of the molecule is CCCC[C@@H](O)[C@@H](c1ccccc1)P12(OC(C(F)(F)F)(C(F)(F)F)c3ccccc31)OC(C(F)(F)F)(C(F)(F)F)c1ccccc12. The van der Waals surface area contributed by atoms with Gasteiger partial charge in [-0.3, -0.25) is 0 Å². The Morgan fingerprint density at radius 2 is 0.978 bits per heavy atom. The molecular weight excluding hydrogens is 667 g/mol. The molecule has 0 amide bonds. The van der Waals surface area contributed by atoms with E-state index in [0.717, 1.165) is 36.4 Å². The van der Waals surface area contributed by atoms with Gasteiger partial charge in [0, 0.05) is 0 Å². The fourth-order valence-corrected chi connectivity index (χ4v) is 13.7. The van der Waals surface area contributed by atoms with Gasteiger partial charge in [-0.25, -0.2) is 0 Å². The van der Waals surface area contributed by atoms with Gasteiger partial charge in [0.25, 0.3) is 0 Å². The zero-order chi connectivity index (χ0) is 34.2. The van der Waals surface area contributed by atoms with E-state index in [1.165, 1.54) is 18.2 Å². The van der Waals surface area contributed by atoms with Gasteiger partial charge in [0.05, 0.1) is 0 Å². The molecule has 0 aromatic heterocycles. The molecule has 2 aliphatic rings. The normalized spacial score (nSPS) is 22.0. The molecule has 16 heteroatoms. The van der Waals surface area contributed by atoms with Crippen LogP contribution < -0.4 is 10.6 Å². The van der Waals surface area contributed by atoms with Gasteiger partial charge >= 0.3 is 254 Å². The van der Waals surface area contributed by atoms with Crippen LogP contribution in [-0.4, -0.2) is 35.9 Å². The minimum absolute atomic E-state index is 0.0354. The quantitative estimate of drug-likeness (QED) is 0.207. The van der Waals surface area contributed by atoms with Crippen molar-refractivity contribution in [2.45, 2.75) is 73.9 Å². The predicted molar refractivity (Wildman–Crippen MR) is 144 cm³/mol. The fourth-order valence-electron chi connectivity index (χ4n) is 6.85. The first-order chi connectivity index (χ1) is 21.2. The number of alkyl halides is 12. The second-order valence-electron chi connectivity index (χ2n) is 11.2. The molecule has 2 aliphatic heterocycles. The summed E-state index contributed by atoms with van der Waals surface area (Å²) in [5, 5.41) is 9.13. The first-order valence-corrected chi connectivity index (χ1v) is 15.9. The summed E-state index contributed by atoms with van der Waals surface area (Å²) in [6.45, 7) is 1.61. The van der Waals surface area contributed by atoms with E-state index in [2.05, 4.69) is 0 Å². The second-order valence-corrected chi connectivity index (χ2v) is 15.1. The number of hydrogen-bond acceptors (Lipinski definition) is 3. The van der Waals surface area contributed by atoms with Crippen molar-refractivity contribution < 1.29 is 66.8 Å². The third-order valence-electron chi connectivity index (χ3n) is 8.58. The van der Waals surface area contributed by atoms with Crippen LogP contribution in [-0.2, 0) is 20.2 Å². The standard InChI is InChI=1S/C30H25F12O3P/c1-2-3-15-21(43)24(18-11-5-4-6-12-18)46(22-16-9-7-13-19(22)25(44-46,27(31,32)33)28(34,35)36)23-17-10-8-14-20(23)26(45-46,29(37,38)39)30(40,41)42/h4-14,16-17,21,24,43H,2-3,15H2,1H3/t21-,24-/m1/s1. The molecule has 1 N–H and O–H groups in total. The summed E-state index contributed by atoms with van der Waals surface area (Å²) in [6.07, 6.45) is -28.3. The molecule has 0 saturated carbocycles. The number of fused-ring (bicyclic) bond motifs is 4. The van der Waals surface area contributed by atoms with Gasteiger partial charge in [-0.1, -0.05) is 0 Å². The molecule has 0 bridgehead atoms. The fraction of sp³-hybridized carbons (Fsp3) is 0.400. The van der Waals surface area contributed by atoms with Gasteiger partial charge in [-0.15, -0.1) is 0 Å². The summed E-state index contributed by atoms with van der Waals surface area (Å²) >= 11 is 0. The minimum atomic E-state index is -7.24. The van der Waals surface area contributed by atoms with Crippen molar-refractivity contribution in [3.63, 3.8) is 0 Å². The van der Waals surface area contributed by atoms with E-state index in [4.69, 9.17) is 9.05 Å². The number of benzene rings is 3. The van der Waals surface area contributed by atoms with Crippen LogP contribution in [0.3, 0.4) is 0 Å². The van der Waals surface area contributed by atoms with E-state index in [0.29, 0.717) is 24.3 Å². The van der Waals surface area contributed by atoms with Crippen molar-refractivity contribution in [1.29, 1.82) is 0 Å². The first kappa shape index (κ1) is 34.5. The zero-order valence-corrected chi connectivity index (χ0v) is 24.4. The van der Waals surface area contributed by atoms with Crippen LogP contribution in [0, 0.1) is 0 Å². The van der Waals surface area contributed by atoms with Crippen molar-refractivity contribution in [2.24, 2.45) is 0 Å². The summed E-state index contributed by atoms with van der Waals surface area (Å²) in [7, 11) is -7.24. The van der Waals surface area contributed by atoms with E-state index in [1.54, 1.807) is 6.92 Å². The molecule has 3 aromatic carbocycles. The third-order valence-corrected chi connectivity index (χ3v) is 14.1. The van der Waals surface area contributed by atoms with E-state index >= 15 is 52.7 Å². The van der Waals surface area contributed by atoms with E-state index in [-0.39, 0.29) is 12.8 Å². The molecule has 252 valence electrons. The Hall–Kier alpha value is -2.87. The topological polar surface area (TPSA) is 38.7 Å². The summed E-state index contributed by atoms with van der Waals surface area (Å²) in [5.74, 6) is 0. The van der Waals surface area contributed by atoms with E-state index in [9.17, 15) is 5.11 Å². The first-order valence-electron chi connectivity index (χ1n) is 13.8. The molecule has 0 unspecified atom stereocenters. The molecule has 5 rings (SSSR count). The molecule has 0 radical (unpaired) electrons. The van der Waals surface area contributed by atoms with Crippen molar-refractivity contribution in [2.75, 3.05) is 0 Å². The van der Waals surface area contributed by atoms with Crippen LogP contribution in [0.5, 0.6) is 0 Å². The molecular formula is C30H25F12O3P. The summed E-state index contributed by atoms with van der Waals surface area (Å²) in [4.78, 5) is 0. The van der Waals surface area contributed by atoms with Crippen LogP contribution in [0.2, 0.25) is 0 Å². The van der Waals surface area contributed by atoms with Crippen LogP contribution in [0.25, 0.3) is 0 Å². The molecule has 0 fully saturated rings. The van der Waals surface area contributed by atoms with Gasteiger partial charge in [0.2, 0.25) is 0 Å².